The van der Waals surface area contributed by atoms with Crippen molar-refractivity contribution in [2.45, 2.75) is 65.0 Å². The van der Waals surface area contributed by atoms with Gasteiger partial charge in [-0.25, -0.2) is 0 Å². The van der Waals surface area contributed by atoms with Crippen LogP contribution in [-0.4, -0.2) is 22.8 Å². The summed E-state index contributed by atoms with van der Waals surface area (Å²) >= 11 is 0. The van der Waals surface area contributed by atoms with Crippen LogP contribution in [-0.2, 0) is 32.3 Å². The van der Waals surface area contributed by atoms with Crippen LogP contribution in [0.3, 0.4) is 0 Å². The Morgan fingerprint density at radius 1 is 0.656 bits per heavy atom. The Bertz CT molecular complexity index is 928. The molecule has 0 N–H and O–H groups in total. The third-order valence-electron chi connectivity index (χ3n) is 4.47. The normalized spacial score (nSPS) is 11.0. The van der Waals surface area contributed by atoms with Gasteiger partial charge in [0.2, 0.25) is 11.6 Å². The molecule has 0 aliphatic rings. The molecule has 0 aliphatic carbocycles. The lowest BCUT2D eigenvalue weighted by molar-refractivity contribution is -0.118. The second-order valence-electron chi connectivity index (χ2n) is 8.42. The summed E-state index contributed by atoms with van der Waals surface area (Å²) in [5.74, 6) is 10.3. The van der Waals surface area contributed by atoms with E-state index in [1.165, 1.54) is 0 Å². The van der Waals surface area contributed by atoms with Crippen LogP contribution >= 0.6 is 0 Å². The Kier molecular flexibility index (Phi) is 9.41. The van der Waals surface area contributed by atoms with Gasteiger partial charge in [-0.3, -0.25) is 9.59 Å². The quantitative estimate of drug-likeness (QED) is 0.419. The molecular weight excluding hydrogens is 400 g/mol. The fourth-order valence-electron chi connectivity index (χ4n) is 2.54. The van der Waals surface area contributed by atoms with E-state index in [0.717, 1.165) is 11.1 Å². The molecular formula is C28H30O4. The lowest BCUT2D eigenvalue weighted by atomic mass is 10.1. The average Bonchev–Trinajstić information content (AvgIpc) is 2.79. The summed E-state index contributed by atoms with van der Waals surface area (Å²) in [5, 5.41) is 0. The zero-order valence-electron chi connectivity index (χ0n) is 19.2. The lowest BCUT2D eigenvalue weighted by Gasteiger charge is -2.18. The Morgan fingerprint density at radius 3 is 1.34 bits per heavy atom. The molecule has 166 valence electrons. The first-order valence-corrected chi connectivity index (χ1v) is 10.6. The Balaban J connectivity index is 1.77. The van der Waals surface area contributed by atoms with Gasteiger partial charge in [0, 0.05) is 12.8 Å². The van der Waals surface area contributed by atoms with Crippen LogP contribution in [0, 0.1) is 23.7 Å². The molecule has 0 unspecified atom stereocenters. The van der Waals surface area contributed by atoms with Gasteiger partial charge < -0.3 is 9.47 Å². The Morgan fingerprint density at radius 2 is 1.00 bits per heavy atom. The third kappa shape index (κ3) is 10.2. The number of carbonyl (C=O) groups is 2. The van der Waals surface area contributed by atoms with Crippen LogP contribution in [0.25, 0.3) is 0 Å². The maximum absolute atomic E-state index is 12.1. The highest BCUT2D eigenvalue weighted by Gasteiger charge is 2.16. The highest BCUT2D eigenvalue weighted by atomic mass is 16.5. The summed E-state index contributed by atoms with van der Waals surface area (Å²) in [6, 6.07) is 19.5. The van der Waals surface area contributed by atoms with Gasteiger partial charge in [0.15, 0.2) is 0 Å². The third-order valence-corrected chi connectivity index (χ3v) is 4.47. The number of benzene rings is 2. The van der Waals surface area contributed by atoms with Crippen molar-refractivity contribution in [3.63, 3.8) is 0 Å². The van der Waals surface area contributed by atoms with Gasteiger partial charge in [-0.05, 0) is 50.7 Å². The van der Waals surface area contributed by atoms with Crippen molar-refractivity contribution in [1.82, 2.24) is 0 Å². The minimum atomic E-state index is -0.768. The van der Waals surface area contributed by atoms with E-state index >= 15 is 0 Å². The molecule has 4 heteroatoms. The molecule has 0 amide bonds. The summed E-state index contributed by atoms with van der Waals surface area (Å²) < 4.78 is 11.6. The minimum Gasteiger partial charge on any atom is -0.358 e. The van der Waals surface area contributed by atoms with E-state index in [1.807, 2.05) is 88.4 Å². The van der Waals surface area contributed by atoms with Gasteiger partial charge in [-0.15, -0.1) is 0 Å². The van der Waals surface area contributed by atoms with Gasteiger partial charge in [-0.1, -0.05) is 72.5 Å². The summed E-state index contributed by atoms with van der Waals surface area (Å²) in [5.41, 5.74) is 0.535. The van der Waals surface area contributed by atoms with Crippen molar-refractivity contribution >= 4 is 11.6 Å². The molecule has 4 nitrogen and oxygen atoms in total. The predicted octanol–water partition coefficient (Wildman–Crippen LogP) is 4.90. The summed E-state index contributed by atoms with van der Waals surface area (Å²) in [6.07, 6.45) is 0.0567. The van der Waals surface area contributed by atoms with Gasteiger partial charge in [-0.2, -0.15) is 0 Å². The van der Waals surface area contributed by atoms with Crippen LogP contribution in [0.2, 0.25) is 0 Å². The number of rotatable bonds is 9. The molecule has 32 heavy (non-hydrogen) atoms. The Labute approximate surface area is 191 Å². The van der Waals surface area contributed by atoms with Crippen LogP contribution in [0.4, 0.5) is 0 Å². The van der Waals surface area contributed by atoms with Crippen molar-refractivity contribution in [2.75, 3.05) is 0 Å². The average molecular weight is 431 g/mol. The monoisotopic (exact) mass is 430 g/mol. The smallest absolute Gasteiger partial charge is 0.206 e. The van der Waals surface area contributed by atoms with E-state index < -0.39 is 11.2 Å². The van der Waals surface area contributed by atoms with E-state index in [-0.39, 0.29) is 24.4 Å². The Hall–Kier alpha value is -3.18. The topological polar surface area (TPSA) is 52.6 Å². The van der Waals surface area contributed by atoms with Crippen molar-refractivity contribution in [3.05, 3.63) is 71.8 Å². The fourth-order valence-corrected chi connectivity index (χ4v) is 2.54. The molecule has 0 saturated heterocycles. The van der Waals surface area contributed by atoms with Crippen LogP contribution < -0.4 is 0 Å². The largest absolute Gasteiger partial charge is 0.358 e. The zero-order valence-corrected chi connectivity index (χ0v) is 19.2. The first-order valence-electron chi connectivity index (χ1n) is 10.6. The highest BCUT2D eigenvalue weighted by molar-refractivity contribution is 6.01. The second kappa shape index (κ2) is 12.0. The second-order valence-corrected chi connectivity index (χ2v) is 8.42. The molecule has 2 rings (SSSR count). The molecule has 0 spiro atoms. The van der Waals surface area contributed by atoms with E-state index in [9.17, 15) is 9.59 Å². The first kappa shape index (κ1) is 25.1. The molecule has 0 saturated carbocycles. The number of hydrogen-bond acceptors (Lipinski definition) is 4. The molecule has 2 aromatic rings. The molecule has 0 aromatic heterocycles. The summed E-state index contributed by atoms with van der Waals surface area (Å²) in [4.78, 5) is 24.1. The van der Waals surface area contributed by atoms with Crippen LogP contribution in [0.5, 0.6) is 0 Å². The van der Waals surface area contributed by atoms with Crippen molar-refractivity contribution in [1.29, 1.82) is 0 Å². The number of Topliss-reactive ketones (excluding diaryl/α,β-unsaturated/α-hetero) is 2. The SMILES string of the molecule is CC(C)(C#CC(=O)CCC(=O)C#CC(C)(C)OCc1ccccc1)OCc1ccccc1. The maximum Gasteiger partial charge on any atom is 0.206 e. The van der Waals surface area contributed by atoms with Gasteiger partial charge in [0.25, 0.3) is 0 Å². The first-order chi connectivity index (χ1) is 15.2. The molecule has 0 fully saturated rings. The summed E-state index contributed by atoms with van der Waals surface area (Å²) in [6.45, 7) is 8.06. The minimum absolute atomic E-state index is 0.0284. The molecule has 2 aromatic carbocycles. The number of ether oxygens (including phenoxy) is 2. The van der Waals surface area contributed by atoms with E-state index in [0.29, 0.717) is 13.2 Å². The maximum atomic E-state index is 12.1. The number of hydrogen-bond donors (Lipinski definition) is 0. The van der Waals surface area contributed by atoms with E-state index in [4.69, 9.17) is 9.47 Å². The van der Waals surface area contributed by atoms with Crippen molar-refractivity contribution in [2.24, 2.45) is 0 Å². The molecule has 0 atom stereocenters. The fraction of sp³-hybridized carbons (Fsp3) is 0.357. The van der Waals surface area contributed by atoms with Gasteiger partial charge in [0.1, 0.15) is 11.2 Å². The molecule has 0 bridgehead atoms. The van der Waals surface area contributed by atoms with Crippen molar-refractivity contribution < 1.29 is 19.1 Å². The van der Waals surface area contributed by atoms with Crippen LogP contribution in [0.1, 0.15) is 51.7 Å². The summed E-state index contributed by atoms with van der Waals surface area (Å²) in [7, 11) is 0. The van der Waals surface area contributed by atoms with Crippen LogP contribution in [0.15, 0.2) is 60.7 Å². The highest BCUT2D eigenvalue weighted by Crippen LogP contribution is 2.13. The van der Waals surface area contributed by atoms with Gasteiger partial charge >= 0.3 is 0 Å². The standard InChI is InChI=1S/C28H30O4/c1-27(2,31-21-23-11-7-5-8-12-23)19-17-25(29)15-16-26(30)18-20-28(3,4)32-22-24-13-9-6-10-14-24/h5-14H,15-16,21-22H2,1-4H3. The molecule has 0 heterocycles. The zero-order chi connectivity index (χ0) is 23.5. The van der Waals surface area contributed by atoms with E-state index in [1.54, 1.807) is 0 Å². The van der Waals surface area contributed by atoms with E-state index in [2.05, 4.69) is 23.7 Å². The number of carbonyl (C=O) groups excluding carboxylic acids is 2. The van der Waals surface area contributed by atoms with Crippen molar-refractivity contribution in [3.8, 4) is 23.7 Å². The van der Waals surface area contributed by atoms with Gasteiger partial charge in [0.05, 0.1) is 13.2 Å². The number of ketones is 2. The molecule has 0 radical (unpaired) electrons. The molecule has 0 aliphatic heterocycles. The lowest BCUT2D eigenvalue weighted by Crippen LogP contribution is -2.22. The predicted molar refractivity (Wildman–Crippen MR) is 125 cm³/mol.